The average Bonchev–Trinajstić information content (AvgIpc) is 3.24. The molecule has 0 saturated carbocycles. The fourth-order valence-corrected chi connectivity index (χ4v) is 3.86. The van der Waals surface area contributed by atoms with Crippen LogP contribution in [0.5, 0.6) is 0 Å². The fourth-order valence-electron chi connectivity index (χ4n) is 3.86. The molecule has 1 amide bonds. The fraction of sp³-hybridized carbons (Fsp3) is 0.348. The summed E-state index contributed by atoms with van der Waals surface area (Å²) in [5, 5.41) is 3.19. The van der Waals surface area contributed by atoms with E-state index in [1.807, 2.05) is 43.9 Å². The molecule has 1 N–H and O–H groups in total. The quantitative estimate of drug-likeness (QED) is 0.617. The monoisotopic (exact) mass is 418 g/mol. The van der Waals surface area contributed by atoms with Gasteiger partial charge in [-0.05, 0) is 64.3 Å². The molecule has 1 aliphatic rings. The molecule has 4 rings (SSSR count). The molecule has 1 aliphatic heterocycles. The van der Waals surface area contributed by atoms with E-state index in [-0.39, 0.29) is 11.9 Å². The van der Waals surface area contributed by atoms with Crippen molar-refractivity contribution in [1.29, 1.82) is 0 Å². The van der Waals surface area contributed by atoms with Crippen molar-refractivity contribution in [2.45, 2.75) is 46.1 Å². The molecule has 0 radical (unpaired) electrons. The van der Waals surface area contributed by atoms with Gasteiger partial charge in [0.1, 0.15) is 17.4 Å². The van der Waals surface area contributed by atoms with Crippen LogP contribution in [0.15, 0.2) is 41.0 Å². The Morgan fingerprint density at radius 3 is 2.68 bits per heavy atom. The molecule has 3 aromatic heterocycles. The maximum Gasteiger partial charge on any atom is 0.247 e. The first-order chi connectivity index (χ1) is 15.0. The Morgan fingerprint density at radius 2 is 1.94 bits per heavy atom. The summed E-state index contributed by atoms with van der Waals surface area (Å²) in [6.45, 7) is 6.40. The standard InChI is InChI=1S/C23H26N6O2/c1-15-13-16(2)25-23(24-15)28-21-14-19(26-17(3)27-21)20-8-4-5-11-29(20)22(30)10-9-18-7-6-12-31-18/h6-7,9-10,12-14,20H,4-5,8,11H2,1-3H3,(H,24,25,26,27,28)/b10-9+/t20-/m1/s1. The highest BCUT2D eigenvalue weighted by molar-refractivity contribution is 5.91. The molecule has 0 aromatic carbocycles. The van der Waals surface area contributed by atoms with E-state index >= 15 is 0 Å². The van der Waals surface area contributed by atoms with Gasteiger partial charge in [0.15, 0.2) is 0 Å². The van der Waals surface area contributed by atoms with Gasteiger partial charge in [-0.2, -0.15) is 0 Å². The number of hydrogen-bond donors (Lipinski definition) is 1. The summed E-state index contributed by atoms with van der Waals surface area (Å²) in [5.41, 5.74) is 2.58. The number of likely N-dealkylation sites (tertiary alicyclic amines) is 1. The molecule has 0 spiro atoms. The van der Waals surface area contributed by atoms with Gasteiger partial charge in [0.2, 0.25) is 11.9 Å². The van der Waals surface area contributed by atoms with Gasteiger partial charge in [-0.1, -0.05) is 0 Å². The van der Waals surface area contributed by atoms with Gasteiger partial charge in [-0.15, -0.1) is 0 Å². The van der Waals surface area contributed by atoms with E-state index in [1.54, 1.807) is 24.5 Å². The number of piperidine rings is 1. The van der Waals surface area contributed by atoms with Gasteiger partial charge in [-0.25, -0.2) is 19.9 Å². The summed E-state index contributed by atoms with van der Waals surface area (Å²) in [4.78, 5) is 32.8. The summed E-state index contributed by atoms with van der Waals surface area (Å²) in [5.74, 6) is 2.36. The molecule has 8 heteroatoms. The van der Waals surface area contributed by atoms with Crippen LogP contribution in [-0.4, -0.2) is 37.3 Å². The zero-order valence-corrected chi connectivity index (χ0v) is 18.0. The van der Waals surface area contributed by atoms with Crippen LogP contribution in [-0.2, 0) is 4.79 Å². The van der Waals surface area contributed by atoms with E-state index in [4.69, 9.17) is 4.42 Å². The van der Waals surface area contributed by atoms with E-state index in [1.165, 1.54) is 0 Å². The molecule has 0 aliphatic carbocycles. The predicted octanol–water partition coefficient (Wildman–Crippen LogP) is 4.30. The molecule has 1 saturated heterocycles. The predicted molar refractivity (Wildman–Crippen MR) is 118 cm³/mol. The van der Waals surface area contributed by atoms with E-state index in [2.05, 4.69) is 25.3 Å². The molecular formula is C23H26N6O2. The molecule has 160 valence electrons. The van der Waals surface area contributed by atoms with Gasteiger partial charge in [0.05, 0.1) is 18.0 Å². The normalized spacial score (nSPS) is 16.6. The smallest absolute Gasteiger partial charge is 0.247 e. The number of nitrogens with zero attached hydrogens (tertiary/aromatic N) is 5. The van der Waals surface area contributed by atoms with Crippen molar-refractivity contribution in [3.05, 3.63) is 65.3 Å². The maximum absolute atomic E-state index is 12.9. The summed E-state index contributed by atoms with van der Waals surface area (Å²) < 4.78 is 5.29. The molecule has 31 heavy (non-hydrogen) atoms. The highest BCUT2D eigenvalue weighted by Crippen LogP contribution is 2.31. The van der Waals surface area contributed by atoms with Gasteiger partial charge in [0, 0.05) is 30.1 Å². The number of aromatic nitrogens is 4. The first-order valence-electron chi connectivity index (χ1n) is 10.4. The molecule has 0 bridgehead atoms. The average molecular weight is 419 g/mol. The molecule has 3 aromatic rings. The van der Waals surface area contributed by atoms with Crippen LogP contribution in [0.3, 0.4) is 0 Å². The second kappa shape index (κ2) is 9.07. The zero-order chi connectivity index (χ0) is 21.8. The Bertz CT molecular complexity index is 1070. The number of anilines is 2. The van der Waals surface area contributed by atoms with Crippen molar-refractivity contribution in [2.75, 3.05) is 11.9 Å². The lowest BCUT2D eigenvalue weighted by molar-refractivity contribution is -0.129. The van der Waals surface area contributed by atoms with Crippen molar-refractivity contribution in [2.24, 2.45) is 0 Å². The van der Waals surface area contributed by atoms with Crippen LogP contribution in [0.25, 0.3) is 6.08 Å². The number of rotatable bonds is 5. The number of aryl methyl sites for hydroxylation is 3. The summed E-state index contributed by atoms with van der Waals surface area (Å²) in [6.07, 6.45) is 7.73. The number of hydrogen-bond acceptors (Lipinski definition) is 7. The lowest BCUT2D eigenvalue weighted by Gasteiger charge is -2.35. The van der Waals surface area contributed by atoms with Crippen LogP contribution in [0.4, 0.5) is 11.8 Å². The van der Waals surface area contributed by atoms with Crippen molar-refractivity contribution < 1.29 is 9.21 Å². The summed E-state index contributed by atoms with van der Waals surface area (Å²) in [7, 11) is 0. The van der Waals surface area contributed by atoms with E-state index in [0.29, 0.717) is 29.9 Å². The van der Waals surface area contributed by atoms with Crippen molar-refractivity contribution in [3.63, 3.8) is 0 Å². The summed E-state index contributed by atoms with van der Waals surface area (Å²) >= 11 is 0. The molecule has 1 atom stereocenters. The Hall–Kier alpha value is -3.55. The second-order valence-electron chi connectivity index (χ2n) is 7.72. The number of amides is 1. The van der Waals surface area contributed by atoms with Gasteiger partial charge in [0.25, 0.3) is 0 Å². The molecule has 8 nitrogen and oxygen atoms in total. The van der Waals surface area contributed by atoms with Crippen molar-refractivity contribution in [1.82, 2.24) is 24.8 Å². The Balaban J connectivity index is 1.58. The first kappa shape index (κ1) is 20.7. The van der Waals surface area contributed by atoms with E-state index in [9.17, 15) is 4.79 Å². The van der Waals surface area contributed by atoms with Crippen LogP contribution < -0.4 is 5.32 Å². The maximum atomic E-state index is 12.9. The Morgan fingerprint density at radius 1 is 1.13 bits per heavy atom. The SMILES string of the molecule is Cc1cc(C)nc(Nc2cc([C@H]3CCCCN3C(=O)/C=C/c3ccco3)nc(C)n2)n1. The number of nitrogens with one attached hydrogen (secondary N) is 1. The van der Waals surface area contributed by atoms with Crippen LogP contribution in [0.2, 0.25) is 0 Å². The van der Waals surface area contributed by atoms with Crippen LogP contribution in [0.1, 0.15) is 54.0 Å². The second-order valence-corrected chi connectivity index (χ2v) is 7.72. The molecule has 4 heterocycles. The largest absolute Gasteiger partial charge is 0.465 e. The molecule has 0 unspecified atom stereocenters. The van der Waals surface area contributed by atoms with Gasteiger partial charge < -0.3 is 14.6 Å². The molecular weight excluding hydrogens is 392 g/mol. The van der Waals surface area contributed by atoms with E-state index < -0.39 is 0 Å². The highest BCUT2D eigenvalue weighted by Gasteiger charge is 2.28. The zero-order valence-electron chi connectivity index (χ0n) is 18.0. The minimum Gasteiger partial charge on any atom is -0.465 e. The third-order valence-electron chi connectivity index (χ3n) is 5.14. The minimum atomic E-state index is -0.107. The third kappa shape index (κ3) is 5.14. The van der Waals surface area contributed by atoms with Gasteiger partial charge in [-0.3, -0.25) is 4.79 Å². The van der Waals surface area contributed by atoms with Crippen molar-refractivity contribution in [3.8, 4) is 0 Å². The Labute approximate surface area is 181 Å². The van der Waals surface area contributed by atoms with Gasteiger partial charge >= 0.3 is 0 Å². The van der Waals surface area contributed by atoms with Crippen molar-refractivity contribution >= 4 is 23.7 Å². The molecule has 1 fully saturated rings. The Kier molecular flexibility index (Phi) is 6.06. The van der Waals surface area contributed by atoms with Crippen LogP contribution >= 0.6 is 0 Å². The number of furan rings is 1. The topological polar surface area (TPSA) is 97.0 Å². The summed E-state index contributed by atoms with van der Waals surface area (Å²) in [6, 6.07) is 7.32. The van der Waals surface area contributed by atoms with E-state index in [0.717, 1.165) is 36.3 Å². The van der Waals surface area contributed by atoms with Crippen LogP contribution in [0, 0.1) is 20.8 Å². The first-order valence-corrected chi connectivity index (χ1v) is 10.4. The third-order valence-corrected chi connectivity index (χ3v) is 5.14. The highest BCUT2D eigenvalue weighted by atomic mass is 16.3. The number of carbonyl (C=O) groups excluding carboxylic acids is 1. The lowest BCUT2D eigenvalue weighted by atomic mass is 9.98. The lowest BCUT2D eigenvalue weighted by Crippen LogP contribution is -2.38. The minimum absolute atomic E-state index is 0.0514. The number of carbonyl (C=O) groups is 1.